The Labute approximate surface area is 152 Å². The van der Waals surface area contributed by atoms with Crippen LogP contribution in [0.2, 0.25) is 0 Å². The normalized spacial score (nSPS) is 17.4. The fourth-order valence-electron chi connectivity index (χ4n) is 3.18. The fourth-order valence-corrected chi connectivity index (χ4v) is 4.80. The molecule has 2 aromatic rings. The zero-order valence-electron chi connectivity index (χ0n) is 14.6. The minimum absolute atomic E-state index is 0.000509. The van der Waals surface area contributed by atoms with E-state index in [0.717, 1.165) is 15.4 Å². The molecule has 1 atom stereocenters. The molecular formula is C19H20N2O4S. The third-order valence-corrected chi connectivity index (χ3v) is 6.10. The summed E-state index contributed by atoms with van der Waals surface area (Å²) in [6.07, 6.45) is 0.193. The number of anilines is 1. The van der Waals surface area contributed by atoms with E-state index in [9.17, 15) is 18.0 Å². The maximum absolute atomic E-state index is 12.8. The van der Waals surface area contributed by atoms with Crippen molar-refractivity contribution in [3.8, 4) is 0 Å². The van der Waals surface area contributed by atoms with Crippen LogP contribution in [0.5, 0.6) is 0 Å². The van der Waals surface area contributed by atoms with Crippen molar-refractivity contribution in [3.63, 3.8) is 0 Å². The Hall–Kier alpha value is -2.67. The second-order valence-electron chi connectivity index (χ2n) is 6.43. The largest absolute Gasteiger partial charge is 0.324 e. The number of hydrogen-bond donors (Lipinski definition) is 1. The quantitative estimate of drug-likeness (QED) is 0.894. The number of nitrogens with zero attached hydrogens (tertiary/aromatic N) is 1. The van der Waals surface area contributed by atoms with E-state index in [-0.39, 0.29) is 17.7 Å². The number of sulfonamides is 1. The van der Waals surface area contributed by atoms with Gasteiger partial charge in [-0.25, -0.2) is 12.7 Å². The summed E-state index contributed by atoms with van der Waals surface area (Å²) >= 11 is 0. The maximum atomic E-state index is 12.8. The first kappa shape index (κ1) is 18.1. The van der Waals surface area contributed by atoms with Gasteiger partial charge < -0.3 is 5.32 Å². The molecule has 0 unspecified atom stereocenters. The average molecular weight is 372 g/mol. The van der Waals surface area contributed by atoms with Gasteiger partial charge in [0.05, 0.1) is 4.90 Å². The van der Waals surface area contributed by atoms with Crippen LogP contribution in [0.3, 0.4) is 0 Å². The number of aryl methyl sites for hydroxylation is 2. The van der Waals surface area contributed by atoms with E-state index in [1.807, 2.05) is 19.9 Å². The topological polar surface area (TPSA) is 83.6 Å². The number of carbonyl (C=O) groups excluding carboxylic acids is 2. The minimum Gasteiger partial charge on any atom is -0.324 e. The van der Waals surface area contributed by atoms with Gasteiger partial charge in [0.2, 0.25) is 11.8 Å². The molecule has 0 radical (unpaired) electrons. The Bertz CT molecular complexity index is 935. The molecule has 2 amide bonds. The van der Waals surface area contributed by atoms with Gasteiger partial charge in [-0.05, 0) is 55.7 Å². The zero-order chi connectivity index (χ0) is 18.9. The van der Waals surface area contributed by atoms with Crippen LogP contribution >= 0.6 is 0 Å². The minimum atomic E-state index is -4.07. The highest BCUT2D eigenvalue weighted by atomic mass is 32.2. The second kappa shape index (κ2) is 6.92. The molecule has 6 nitrogen and oxygen atoms in total. The fraction of sp³-hybridized carbons (Fsp3) is 0.263. The number of carbonyl (C=O) groups is 2. The maximum Gasteiger partial charge on any atom is 0.267 e. The molecule has 1 N–H and O–H groups in total. The van der Waals surface area contributed by atoms with Crippen LogP contribution in [0.1, 0.15) is 24.0 Å². The predicted octanol–water partition coefficient (Wildman–Crippen LogP) is 2.62. The first-order valence-electron chi connectivity index (χ1n) is 8.30. The molecule has 3 rings (SSSR count). The van der Waals surface area contributed by atoms with Gasteiger partial charge in [-0.15, -0.1) is 0 Å². The van der Waals surface area contributed by atoms with Gasteiger partial charge in [0.1, 0.15) is 6.04 Å². The van der Waals surface area contributed by atoms with Crippen LogP contribution in [0.25, 0.3) is 0 Å². The van der Waals surface area contributed by atoms with Crippen molar-refractivity contribution in [2.45, 2.75) is 37.6 Å². The van der Waals surface area contributed by atoms with Crippen molar-refractivity contribution < 1.29 is 18.0 Å². The monoisotopic (exact) mass is 372 g/mol. The highest BCUT2D eigenvalue weighted by Crippen LogP contribution is 2.28. The second-order valence-corrected chi connectivity index (χ2v) is 8.24. The molecule has 1 aliphatic heterocycles. The van der Waals surface area contributed by atoms with Crippen molar-refractivity contribution in [2.24, 2.45) is 0 Å². The molecule has 1 heterocycles. The average Bonchev–Trinajstić information content (AvgIpc) is 2.97. The lowest BCUT2D eigenvalue weighted by Crippen LogP contribution is -2.45. The van der Waals surface area contributed by atoms with E-state index in [0.29, 0.717) is 5.69 Å². The molecule has 0 aromatic heterocycles. The summed E-state index contributed by atoms with van der Waals surface area (Å²) in [6, 6.07) is 12.2. The Morgan fingerprint density at radius 2 is 1.69 bits per heavy atom. The van der Waals surface area contributed by atoms with Crippen LogP contribution < -0.4 is 5.32 Å². The standard InChI is InChI=1S/C19H20N2O4S/c1-13-10-14(2)12-15(11-13)20-19(23)17-8-9-18(22)21(17)26(24,25)16-6-4-3-5-7-16/h3-7,10-12,17H,8-9H2,1-2H3,(H,20,23)/t17-/m1/s1. The summed E-state index contributed by atoms with van der Waals surface area (Å²) in [6.45, 7) is 3.82. The van der Waals surface area contributed by atoms with Crippen molar-refractivity contribution in [2.75, 3.05) is 5.32 Å². The molecule has 136 valence electrons. The lowest BCUT2D eigenvalue weighted by atomic mass is 10.1. The predicted molar refractivity (Wildman–Crippen MR) is 98.0 cm³/mol. The summed E-state index contributed by atoms with van der Waals surface area (Å²) < 4.78 is 26.4. The lowest BCUT2D eigenvalue weighted by molar-refractivity contribution is -0.128. The highest BCUT2D eigenvalue weighted by Gasteiger charge is 2.44. The number of benzene rings is 2. The molecule has 0 saturated carbocycles. The molecule has 2 aromatic carbocycles. The molecule has 0 aliphatic carbocycles. The van der Waals surface area contributed by atoms with Crippen LogP contribution in [0.4, 0.5) is 5.69 Å². The van der Waals surface area contributed by atoms with Gasteiger partial charge in [-0.1, -0.05) is 24.3 Å². The third-order valence-electron chi connectivity index (χ3n) is 4.25. The van der Waals surface area contributed by atoms with Gasteiger partial charge in [0.15, 0.2) is 0 Å². The van der Waals surface area contributed by atoms with Gasteiger partial charge in [-0.3, -0.25) is 9.59 Å². The molecule has 0 spiro atoms. The first-order chi connectivity index (χ1) is 12.3. The van der Waals surface area contributed by atoms with E-state index in [1.165, 1.54) is 12.1 Å². The van der Waals surface area contributed by atoms with E-state index < -0.39 is 27.9 Å². The van der Waals surface area contributed by atoms with Crippen molar-refractivity contribution in [1.29, 1.82) is 0 Å². The summed E-state index contributed by atoms with van der Waals surface area (Å²) in [5.41, 5.74) is 2.55. The first-order valence-corrected chi connectivity index (χ1v) is 9.74. The number of nitrogens with one attached hydrogen (secondary N) is 1. The summed E-state index contributed by atoms with van der Waals surface area (Å²) in [5.74, 6) is -1.06. The Morgan fingerprint density at radius 1 is 1.08 bits per heavy atom. The van der Waals surface area contributed by atoms with Crippen LogP contribution in [0, 0.1) is 13.8 Å². The Kier molecular flexibility index (Phi) is 4.82. The van der Waals surface area contributed by atoms with Gasteiger partial charge >= 0.3 is 0 Å². The van der Waals surface area contributed by atoms with Crippen LogP contribution in [-0.4, -0.2) is 30.6 Å². The summed E-state index contributed by atoms with van der Waals surface area (Å²) in [5, 5.41) is 2.74. The van der Waals surface area contributed by atoms with Crippen molar-refractivity contribution in [3.05, 3.63) is 59.7 Å². The van der Waals surface area contributed by atoms with E-state index in [2.05, 4.69) is 5.32 Å². The molecule has 1 aliphatic rings. The third kappa shape index (κ3) is 3.48. The van der Waals surface area contributed by atoms with E-state index >= 15 is 0 Å². The molecule has 26 heavy (non-hydrogen) atoms. The van der Waals surface area contributed by atoms with Crippen LogP contribution in [-0.2, 0) is 19.6 Å². The SMILES string of the molecule is Cc1cc(C)cc(NC(=O)[C@H]2CCC(=O)N2S(=O)(=O)c2ccccc2)c1. The number of rotatable bonds is 4. The molecule has 7 heteroatoms. The Morgan fingerprint density at radius 3 is 2.31 bits per heavy atom. The van der Waals surface area contributed by atoms with Crippen molar-refractivity contribution in [1.82, 2.24) is 4.31 Å². The van der Waals surface area contributed by atoms with Gasteiger partial charge in [-0.2, -0.15) is 0 Å². The molecule has 1 fully saturated rings. The number of hydrogen-bond acceptors (Lipinski definition) is 4. The van der Waals surface area contributed by atoms with Crippen LogP contribution in [0.15, 0.2) is 53.4 Å². The van der Waals surface area contributed by atoms with E-state index in [1.54, 1.807) is 30.3 Å². The summed E-state index contributed by atoms with van der Waals surface area (Å²) in [7, 11) is -4.07. The molecule has 0 bridgehead atoms. The highest BCUT2D eigenvalue weighted by molar-refractivity contribution is 7.89. The van der Waals surface area contributed by atoms with Crippen molar-refractivity contribution >= 4 is 27.5 Å². The Balaban J connectivity index is 1.89. The van der Waals surface area contributed by atoms with E-state index in [4.69, 9.17) is 0 Å². The molecular weight excluding hydrogens is 352 g/mol. The van der Waals surface area contributed by atoms with Gasteiger partial charge in [0.25, 0.3) is 10.0 Å². The lowest BCUT2D eigenvalue weighted by Gasteiger charge is -2.23. The van der Waals surface area contributed by atoms with Gasteiger partial charge in [0, 0.05) is 12.1 Å². The molecule has 1 saturated heterocycles. The zero-order valence-corrected chi connectivity index (χ0v) is 15.4. The summed E-state index contributed by atoms with van der Waals surface area (Å²) in [4.78, 5) is 24.9. The number of amides is 2. The smallest absolute Gasteiger partial charge is 0.267 e.